The van der Waals surface area contributed by atoms with Gasteiger partial charge in [0.2, 0.25) is 5.91 Å². The second kappa shape index (κ2) is 8.06. The van der Waals surface area contributed by atoms with Crippen LogP contribution in [0.2, 0.25) is 0 Å². The number of amides is 1. The summed E-state index contributed by atoms with van der Waals surface area (Å²) in [6.07, 6.45) is 1.12. The smallest absolute Gasteiger partial charge is 0.332 e. The summed E-state index contributed by atoms with van der Waals surface area (Å²) in [5, 5.41) is 8.28. The summed E-state index contributed by atoms with van der Waals surface area (Å²) in [5.41, 5.74) is 7.61. The van der Waals surface area contributed by atoms with Gasteiger partial charge in [-0.2, -0.15) is 0 Å². The van der Waals surface area contributed by atoms with E-state index in [0.717, 1.165) is 6.42 Å². The Kier molecular flexibility index (Phi) is 7.49. The highest BCUT2D eigenvalue weighted by Crippen LogP contribution is 2.13. The molecule has 0 fully saturated rings. The maximum atomic E-state index is 11.3. The van der Waals surface area contributed by atoms with Gasteiger partial charge in [-0.1, -0.05) is 13.8 Å². The number of hydrogen-bond donors (Lipinski definition) is 3. The first-order chi connectivity index (χ1) is 7.45. The molecule has 0 aliphatic rings. The molecule has 0 aliphatic carbocycles. The Hall–Kier alpha value is -1.14. The molecule has 0 aromatic rings. The molecule has 6 nitrogen and oxygen atoms in total. The Morgan fingerprint density at radius 1 is 1.44 bits per heavy atom. The number of carboxylic acid groups (broad SMARTS) is 1. The minimum Gasteiger partial charge on any atom is -0.479 e. The van der Waals surface area contributed by atoms with E-state index in [1.807, 2.05) is 0 Å². The molecule has 0 rings (SSSR count). The number of carbonyl (C=O) groups excluding carboxylic acids is 1. The number of rotatable bonds is 8. The summed E-state index contributed by atoms with van der Waals surface area (Å²) in [6.45, 7) is 4.01. The molecule has 0 bridgehead atoms. The first kappa shape index (κ1) is 14.9. The van der Waals surface area contributed by atoms with E-state index in [4.69, 9.17) is 10.8 Å². The van der Waals surface area contributed by atoms with Gasteiger partial charge in [0.05, 0.1) is 0 Å². The van der Waals surface area contributed by atoms with Crippen LogP contribution < -0.4 is 11.2 Å². The molecular weight excluding hydrogens is 212 g/mol. The van der Waals surface area contributed by atoms with Crippen LogP contribution in [0.3, 0.4) is 0 Å². The predicted octanol–water partition coefficient (Wildman–Crippen LogP) is 0.130. The Labute approximate surface area is 95.1 Å². The Morgan fingerprint density at radius 2 is 2.06 bits per heavy atom. The maximum absolute atomic E-state index is 11.3. The van der Waals surface area contributed by atoms with Gasteiger partial charge in [-0.3, -0.25) is 9.63 Å². The highest BCUT2D eigenvalue weighted by atomic mass is 16.7. The molecule has 0 saturated carbocycles. The van der Waals surface area contributed by atoms with Crippen LogP contribution in [0.1, 0.15) is 26.7 Å². The summed E-state index contributed by atoms with van der Waals surface area (Å²) in [7, 11) is 0. The van der Waals surface area contributed by atoms with E-state index in [2.05, 4.69) is 24.2 Å². The van der Waals surface area contributed by atoms with Gasteiger partial charge in [0.25, 0.3) is 0 Å². The lowest BCUT2D eigenvalue weighted by Crippen LogP contribution is -2.30. The zero-order valence-electron chi connectivity index (χ0n) is 9.73. The van der Waals surface area contributed by atoms with E-state index in [1.165, 1.54) is 0 Å². The number of nitrogens with one attached hydrogen (secondary N) is 1. The molecule has 0 spiro atoms. The lowest BCUT2D eigenvalue weighted by molar-refractivity contribution is -0.149. The second-order valence-corrected chi connectivity index (χ2v) is 4.14. The predicted molar refractivity (Wildman–Crippen MR) is 58.3 cm³/mol. The lowest BCUT2D eigenvalue weighted by atomic mass is 9.94. The molecule has 6 heteroatoms. The van der Waals surface area contributed by atoms with Crippen molar-refractivity contribution in [1.29, 1.82) is 0 Å². The average Bonchev–Trinajstić information content (AvgIpc) is 2.15. The molecule has 16 heavy (non-hydrogen) atoms. The first-order valence-corrected chi connectivity index (χ1v) is 5.28. The van der Waals surface area contributed by atoms with Gasteiger partial charge in [-0.25, -0.2) is 10.3 Å². The third-order valence-corrected chi connectivity index (χ3v) is 1.99. The normalized spacial score (nSPS) is 12.5. The van der Waals surface area contributed by atoms with Crippen LogP contribution in [0.25, 0.3) is 0 Å². The van der Waals surface area contributed by atoms with Crippen LogP contribution in [0.5, 0.6) is 0 Å². The van der Waals surface area contributed by atoms with E-state index in [9.17, 15) is 9.59 Å². The summed E-state index contributed by atoms with van der Waals surface area (Å²) >= 11 is 0. The monoisotopic (exact) mass is 232 g/mol. The lowest BCUT2D eigenvalue weighted by Gasteiger charge is -2.16. The number of carbonyl (C=O) groups is 2. The topological polar surface area (TPSA) is 102 Å². The van der Waals surface area contributed by atoms with Crippen molar-refractivity contribution in [1.82, 2.24) is 5.48 Å². The van der Waals surface area contributed by atoms with Crippen LogP contribution in [-0.4, -0.2) is 30.1 Å². The van der Waals surface area contributed by atoms with Gasteiger partial charge in [0, 0.05) is 6.42 Å². The fraction of sp³-hybridized carbons (Fsp3) is 0.800. The molecule has 1 amide bonds. The SMILES string of the molecule is CC(C)C[C@H](CN)CC(=O)NOCC(=O)O. The van der Waals surface area contributed by atoms with Crippen molar-refractivity contribution in [3.05, 3.63) is 0 Å². The molecule has 94 valence electrons. The molecule has 0 saturated heterocycles. The van der Waals surface area contributed by atoms with Crippen molar-refractivity contribution in [2.75, 3.05) is 13.2 Å². The third kappa shape index (κ3) is 8.19. The van der Waals surface area contributed by atoms with E-state index < -0.39 is 12.6 Å². The number of hydrogen-bond acceptors (Lipinski definition) is 4. The van der Waals surface area contributed by atoms with Crippen molar-refractivity contribution in [2.24, 2.45) is 17.6 Å². The molecule has 4 N–H and O–H groups in total. The largest absolute Gasteiger partial charge is 0.479 e. The van der Waals surface area contributed by atoms with E-state index in [-0.39, 0.29) is 18.2 Å². The molecule has 0 aromatic heterocycles. The summed E-state index contributed by atoms with van der Waals surface area (Å²) < 4.78 is 0. The third-order valence-electron chi connectivity index (χ3n) is 1.99. The fourth-order valence-corrected chi connectivity index (χ4v) is 1.41. The number of hydroxylamine groups is 1. The Morgan fingerprint density at radius 3 is 2.50 bits per heavy atom. The Bertz CT molecular complexity index is 231. The number of nitrogens with two attached hydrogens (primary N) is 1. The van der Waals surface area contributed by atoms with Gasteiger partial charge < -0.3 is 10.8 Å². The average molecular weight is 232 g/mol. The van der Waals surface area contributed by atoms with Gasteiger partial charge in [0.1, 0.15) is 0 Å². The molecule has 0 radical (unpaired) electrons. The minimum absolute atomic E-state index is 0.105. The molecule has 0 unspecified atom stereocenters. The van der Waals surface area contributed by atoms with Gasteiger partial charge in [-0.15, -0.1) is 0 Å². The second-order valence-electron chi connectivity index (χ2n) is 4.14. The molecule has 0 aliphatic heterocycles. The minimum atomic E-state index is -1.13. The standard InChI is InChI=1S/C10H20N2O4/c1-7(2)3-8(5-11)4-9(13)12-16-6-10(14)15/h7-8H,3-6,11H2,1-2H3,(H,12,13)(H,14,15)/t8-/m0/s1. The Balaban J connectivity index is 3.78. The van der Waals surface area contributed by atoms with Crippen LogP contribution in [0.15, 0.2) is 0 Å². The summed E-state index contributed by atoms with van der Waals surface area (Å²) in [4.78, 5) is 25.9. The van der Waals surface area contributed by atoms with Crippen molar-refractivity contribution < 1.29 is 19.5 Å². The zero-order valence-corrected chi connectivity index (χ0v) is 9.73. The molecule has 0 aromatic carbocycles. The van der Waals surface area contributed by atoms with E-state index >= 15 is 0 Å². The fourth-order valence-electron chi connectivity index (χ4n) is 1.41. The van der Waals surface area contributed by atoms with Crippen LogP contribution >= 0.6 is 0 Å². The number of aliphatic carboxylic acids is 1. The van der Waals surface area contributed by atoms with Crippen molar-refractivity contribution in [3.8, 4) is 0 Å². The quantitative estimate of drug-likeness (QED) is 0.516. The molecule has 1 atom stereocenters. The van der Waals surface area contributed by atoms with Gasteiger partial charge >= 0.3 is 5.97 Å². The first-order valence-electron chi connectivity index (χ1n) is 5.28. The number of carboxylic acids is 1. The highest BCUT2D eigenvalue weighted by Gasteiger charge is 2.14. The van der Waals surface area contributed by atoms with Crippen LogP contribution in [-0.2, 0) is 14.4 Å². The van der Waals surface area contributed by atoms with Crippen molar-refractivity contribution >= 4 is 11.9 Å². The van der Waals surface area contributed by atoms with Gasteiger partial charge in [0.15, 0.2) is 6.61 Å². The van der Waals surface area contributed by atoms with Crippen LogP contribution in [0.4, 0.5) is 0 Å². The van der Waals surface area contributed by atoms with Crippen molar-refractivity contribution in [2.45, 2.75) is 26.7 Å². The molecular formula is C10H20N2O4. The summed E-state index contributed by atoms with van der Waals surface area (Å²) in [6, 6.07) is 0. The van der Waals surface area contributed by atoms with Crippen molar-refractivity contribution in [3.63, 3.8) is 0 Å². The van der Waals surface area contributed by atoms with E-state index in [0.29, 0.717) is 12.5 Å². The molecule has 0 heterocycles. The highest BCUT2D eigenvalue weighted by molar-refractivity contribution is 5.75. The zero-order chi connectivity index (χ0) is 12.6. The summed E-state index contributed by atoms with van der Waals surface area (Å²) in [5.74, 6) is -0.884. The maximum Gasteiger partial charge on any atom is 0.332 e. The van der Waals surface area contributed by atoms with Gasteiger partial charge in [-0.05, 0) is 24.8 Å². The van der Waals surface area contributed by atoms with Crippen LogP contribution in [0, 0.1) is 11.8 Å². The van der Waals surface area contributed by atoms with E-state index in [1.54, 1.807) is 0 Å².